The number of nitrogens with zero attached hydrogens (tertiary/aromatic N) is 4. The molecular formula is C25H28ClN5O4S. The Kier molecular flexibility index (Phi) is 7.52. The first-order chi connectivity index (χ1) is 17.5. The van der Waals surface area contributed by atoms with Crippen LogP contribution in [0, 0.1) is 12.8 Å². The number of carbonyl (C=O) groups excluding carboxylic acids is 1. The molecule has 2 atom stereocenters. The summed E-state index contributed by atoms with van der Waals surface area (Å²) in [6.07, 6.45) is 9.01. The van der Waals surface area contributed by atoms with Gasteiger partial charge < -0.3 is 19.5 Å². The molecule has 0 saturated heterocycles. The number of nitrogens with one attached hydrogen (secondary N) is 1. The molecular weight excluding hydrogens is 502 g/mol. The number of ether oxygens (including phenoxy) is 3. The Morgan fingerprint density at radius 2 is 2.03 bits per heavy atom. The average Bonchev–Trinajstić information content (AvgIpc) is 3.62. The highest BCUT2D eigenvalue weighted by molar-refractivity contribution is 7.19. The van der Waals surface area contributed by atoms with Crippen LogP contribution in [-0.2, 0) is 16.1 Å². The molecule has 3 aromatic rings. The Bertz CT molecular complexity index is 1230. The van der Waals surface area contributed by atoms with Gasteiger partial charge in [-0.2, -0.15) is 4.98 Å². The molecule has 0 radical (unpaired) electrons. The van der Waals surface area contributed by atoms with Crippen molar-refractivity contribution in [3.63, 3.8) is 0 Å². The van der Waals surface area contributed by atoms with E-state index in [9.17, 15) is 4.79 Å². The van der Waals surface area contributed by atoms with Crippen LogP contribution in [0.25, 0.3) is 10.7 Å². The van der Waals surface area contributed by atoms with E-state index in [1.165, 1.54) is 18.4 Å². The Morgan fingerprint density at radius 1 is 1.17 bits per heavy atom. The molecule has 0 unspecified atom stereocenters. The lowest BCUT2D eigenvalue weighted by Gasteiger charge is -2.28. The summed E-state index contributed by atoms with van der Waals surface area (Å²) < 4.78 is 17.5. The van der Waals surface area contributed by atoms with E-state index < -0.39 is 0 Å². The number of thiophene rings is 1. The zero-order valence-corrected chi connectivity index (χ0v) is 21.8. The second-order valence-electron chi connectivity index (χ2n) is 9.06. The molecule has 0 aliphatic heterocycles. The van der Waals surface area contributed by atoms with E-state index in [2.05, 4.69) is 20.3 Å². The molecule has 1 N–H and O–H groups in total. The fraction of sp³-hybridized carbons (Fsp3) is 0.480. The van der Waals surface area contributed by atoms with Crippen molar-refractivity contribution in [1.29, 1.82) is 0 Å². The Labute approximate surface area is 218 Å². The lowest BCUT2D eigenvalue weighted by atomic mass is 9.87. The molecule has 5 rings (SSSR count). The maximum Gasteiger partial charge on any atom is 0.308 e. The number of carbonyl (C=O) groups is 1. The number of halogens is 1. The molecule has 11 heteroatoms. The maximum atomic E-state index is 11.9. The molecule has 3 heterocycles. The summed E-state index contributed by atoms with van der Waals surface area (Å²) in [5.74, 6) is 1.97. The van der Waals surface area contributed by atoms with Gasteiger partial charge in [-0.3, -0.25) is 4.79 Å². The third-order valence-electron chi connectivity index (χ3n) is 6.25. The summed E-state index contributed by atoms with van der Waals surface area (Å²) in [6.45, 7) is 2.36. The van der Waals surface area contributed by atoms with Gasteiger partial charge in [0.2, 0.25) is 11.8 Å². The molecule has 0 aromatic carbocycles. The van der Waals surface area contributed by atoms with Crippen molar-refractivity contribution < 1.29 is 19.0 Å². The summed E-state index contributed by atoms with van der Waals surface area (Å²) >= 11 is 7.78. The fourth-order valence-corrected chi connectivity index (χ4v) is 5.44. The van der Waals surface area contributed by atoms with Crippen LogP contribution in [0.15, 0.2) is 24.5 Å². The minimum absolute atomic E-state index is 0.0633. The van der Waals surface area contributed by atoms with Crippen LogP contribution in [0.1, 0.15) is 49.8 Å². The summed E-state index contributed by atoms with van der Waals surface area (Å²) in [4.78, 5) is 30.8. The zero-order chi connectivity index (χ0) is 25.1. The highest BCUT2D eigenvalue weighted by Gasteiger charge is 2.29. The lowest BCUT2D eigenvalue weighted by molar-refractivity contribution is -0.147. The van der Waals surface area contributed by atoms with E-state index in [0.29, 0.717) is 40.7 Å². The van der Waals surface area contributed by atoms with Gasteiger partial charge in [-0.05, 0) is 57.1 Å². The second kappa shape index (κ2) is 11.0. The van der Waals surface area contributed by atoms with Gasteiger partial charge in [-0.15, -0.1) is 11.3 Å². The highest BCUT2D eigenvalue weighted by atomic mass is 35.5. The standard InChI is InChI=1S/C25H28ClN5O4S/c1-14-19(34-18-5-3-4-15(10-18)24(32)33-2)13-28-23(30-14)22-16(11-20(26)36-22)12-29-25-27-9-8-21(31-25)35-17-6-7-17/h8-9,11,13,15,17-18H,3-7,10,12H2,1-2H3,(H,27,29,31)/t15-,18-/m0/s1. The normalized spacial score (nSPS) is 19.5. The average molecular weight is 530 g/mol. The highest BCUT2D eigenvalue weighted by Crippen LogP contribution is 2.36. The van der Waals surface area contributed by atoms with Crippen LogP contribution >= 0.6 is 22.9 Å². The van der Waals surface area contributed by atoms with Crippen molar-refractivity contribution >= 4 is 34.9 Å². The first-order valence-corrected chi connectivity index (χ1v) is 13.3. The number of anilines is 1. The third kappa shape index (κ3) is 6.04. The van der Waals surface area contributed by atoms with Crippen LogP contribution < -0.4 is 14.8 Å². The molecule has 9 nitrogen and oxygen atoms in total. The molecule has 2 fully saturated rings. The van der Waals surface area contributed by atoms with Crippen molar-refractivity contribution in [2.45, 2.75) is 64.2 Å². The summed E-state index contributed by atoms with van der Waals surface area (Å²) in [5.41, 5.74) is 1.68. The Morgan fingerprint density at radius 3 is 2.81 bits per heavy atom. The fourth-order valence-electron chi connectivity index (χ4n) is 4.23. The number of rotatable bonds is 9. The first-order valence-electron chi connectivity index (χ1n) is 12.1. The SMILES string of the molecule is COC(=O)[C@H]1CCC[C@H](Oc2cnc(-c3sc(Cl)cc3CNc3nccc(OC4CC4)n3)nc2C)C1. The van der Waals surface area contributed by atoms with Gasteiger partial charge in [0.1, 0.15) is 6.10 Å². The number of esters is 1. The minimum Gasteiger partial charge on any atom is -0.487 e. The lowest BCUT2D eigenvalue weighted by Crippen LogP contribution is -2.30. The monoisotopic (exact) mass is 529 g/mol. The summed E-state index contributed by atoms with van der Waals surface area (Å²) in [7, 11) is 1.43. The molecule has 2 saturated carbocycles. The van der Waals surface area contributed by atoms with Crippen molar-refractivity contribution in [3.05, 3.63) is 40.1 Å². The largest absolute Gasteiger partial charge is 0.487 e. The van der Waals surface area contributed by atoms with E-state index in [1.807, 2.05) is 13.0 Å². The van der Waals surface area contributed by atoms with Gasteiger partial charge in [0.25, 0.3) is 0 Å². The van der Waals surface area contributed by atoms with E-state index in [1.54, 1.807) is 18.5 Å². The van der Waals surface area contributed by atoms with E-state index >= 15 is 0 Å². The zero-order valence-electron chi connectivity index (χ0n) is 20.2. The van der Waals surface area contributed by atoms with Crippen LogP contribution in [0.2, 0.25) is 4.34 Å². The van der Waals surface area contributed by atoms with Crippen molar-refractivity contribution in [1.82, 2.24) is 19.9 Å². The van der Waals surface area contributed by atoms with Crippen molar-refractivity contribution in [2.24, 2.45) is 5.92 Å². The molecule has 2 aliphatic carbocycles. The summed E-state index contributed by atoms with van der Waals surface area (Å²) in [6, 6.07) is 3.66. The topological polar surface area (TPSA) is 108 Å². The molecule has 190 valence electrons. The minimum atomic E-state index is -0.171. The number of hydrogen-bond donors (Lipinski definition) is 1. The smallest absolute Gasteiger partial charge is 0.308 e. The van der Waals surface area contributed by atoms with E-state index in [0.717, 1.165) is 48.2 Å². The molecule has 36 heavy (non-hydrogen) atoms. The molecule has 2 aliphatic rings. The van der Waals surface area contributed by atoms with Crippen molar-refractivity contribution in [3.8, 4) is 22.3 Å². The first kappa shape index (κ1) is 24.7. The van der Waals surface area contributed by atoms with Gasteiger partial charge in [-0.25, -0.2) is 15.0 Å². The van der Waals surface area contributed by atoms with Crippen LogP contribution in [-0.4, -0.2) is 45.2 Å². The predicted molar refractivity (Wildman–Crippen MR) is 136 cm³/mol. The number of methoxy groups -OCH3 is 1. The van der Waals surface area contributed by atoms with Crippen molar-refractivity contribution in [2.75, 3.05) is 12.4 Å². The van der Waals surface area contributed by atoms with Gasteiger partial charge >= 0.3 is 5.97 Å². The van der Waals surface area contributed by atoms with E-state index in [-0.39, 0.29) is 24.1 Å². The molecule has 0 spiro atoms. The number of aryl methyl sites for hydroxylation is 1. The van der Waals surface area contributed by atoms with Crippen LogP contribution in [0.3, 0.4) is 0 Å². The Hall–Kier alpha value is -2.98. The van der Waals surface area contributed by atoms with Gasteiger partial charge in [-0.1, -0.05) is 11.6 Å². The number of aromatic nitrogens is 4. The quantitative estimate of drug-likeness (QED) is 0.373. The Balaban J connectivity index is 1.26. The van der Waals surface area contributed by atoms with Gasteiger partial charge in [0.15, 0.2) is 11.6 Å². The predicted octanol–water partition coefficient (Wildman–Crippen LogP) is 5.22. The third-order valence-corrected chi connectivity index (χ3v) is 7.55. The van der Waals surface area contributed by atoms with Crippen LogP contribution in [0.4, 0.5) is 5.95 Å². The second-order valence-corrected chi connectivity index (χ2v) is 10.7. The molecule has 0 amide bonds. The van der Waals surface area contributed by atoms with Gasteiger partial charge in [0, 0.05) is 18.8 Å². The molecule has 3 aromatic heterocycles. The number of hydrogen-bond acceptors (Lipinski definition) is 10. The van der Waals surface area contributed by atoms with E-state index in [4.69, 9.17) is 30.8 Å². The molecule has 0 bridgehead atoms. The summed E-state index contributed by atoms with van der Waals surface area (Å²) in [5, 5.41) is 3.24. The van der Waals surface area contributed by atoms with Gasteiger partial charge in [0.05, 0.1) is 40.2 Å². The van der Waals surface area contributed by atoms with Crippen LogP contribution in [0.5, 0.6) is 11.6 Å². The maximum absolute atomic E-state index is 11.9.